The first kappa shape index (κ1) is 21.5. The average Bonchev–Trinajstić information content (AvgIpc) is 3.12. The lowest BCUT2D eigenvalue weighted by Gasteiger charge is -2.18. The molecule has 2 heterocycles. The van der Waals surface area contributed by atoms with Crippen LogP contribution in [0.15, 0.2) is 51.4 Å². The van der Waals surface area contributed by atoms with E-state index < -0.39 is 0 Å². The summed E-state index contributed by atoms with van der Waals surface area (Å²) in [6, 6.07) is 11.7. The smallest absolute Gasteiger partial charge is 0.368 e. The number of fused-ring (bicyclic) bond motifs is 1. The highest BCUT2D eigenvalue weighted by molar-refractivity contribution is 6.04. The minimum atomic E-state index is -0.318. The Bertz CT molecular complexity index is 1250. The third kappa shape index (κ3) is 4.32. The van der Waals surface area contributed by atoms with Crippen LogP contribution in [0.2, 0.25) is 0 Å². The van der Waals surface area contributed by atoms with Crippen LogP contribution in [0, 0.1) is 13.8 Å². The molecule has 1 aromatic heterocycles. The van der Waals surface area contributed by atoms with Crippen molar-refractivity contribution in [1.29, 1.82) is 0 Å². The molecule has 0 saturated heterocycles. The van der Waals surface area contributed by atoms with Crippen LogP contribution in [-0.2, 0) is 18.4 Å². The maximum Gasteiger partial charge on any atom is 0.368 e. The molecule has 4 rings (SSSR count). The first-order chi connectivity index (χ1) is 15.5. The summed E-state index contributed by atoms with van der Waals surface area (Å²) in [4.78, 5) is 12.3. The van der Waals surface area contributed by atoms with Crippen LogP contribution < -0.4 is 10.4 Å². The molecule has 0 saturated carbocycles. The Morgan fingerprint density at radius 3 is 2.81 bits per heavy atom. The number of ether oxygens (including phenoxy) is 2. The molecule has 166 valence electrons. The SMILES string of the molecule is CCC(=NN=C1CCOc2ccc(C)cc21)OCc1c(C)cccc1-n1nnn(C)c1=O. The van der Waals surface area contributed by atoms with Crippen molar-refractivity contribution in [3.63, 3.8) is 0 Å². The van der Waals surface area contributed by atoms with Crippen LogP contribution in [0.1, 0.15) is 42.0 Å². The highest BCUT2D eigenvalue weighted by atomic mass is 16.5. The van der Waals surface area contributed by atoms with Crippen molar-refractivity contribution in [2.45, 2.75) is 40.2 Å². The lowest BCUT2D eigenvalue weighted by Crippen LogP contribution is -2.23. The predicted molar refractivity (Wildman–Crippen MR) is 122 cm³/mol. The van der Waals surface area contributed by atoms with Gasteiger partial charge in [-0.15, -0.1) is 5.10 Å². The van der Waals surface area contributed by atoms with Gasteiger partial charge >= 0.3 is 5.69 Å². The largest absolute Gasteiger partial charge is 0.492 e. The standard InChI is InChI=1S/C23H26N6O3/c1-5-22(25-24-19-11-12-31-21-10-9-15(2)13-17(19)21)32-14-18-16(3)7-6-8-20(18)29-23(30)28(4)26-27-29/h6-10,13H,5,11-12,14H2,1-4H3. The summed E-state index contributed by atoms with van der Waals surface area (Å²) in [5, 5.41) is 16.6. The lowest BCUT2D eigenvalue weighted by molar-refractivity contribution is 0.282. The third-order valence-electron chi connectivity index (χ3n) is 5.35. The molecule has 0 spiro atoms. The molecule has 32 heavy (non-hydrogen) atoms. The lowest BCUT2D eigenvalue weighted by atomic mass is 10.0. The van der Waals surface area contributed by atoms with E-state index in [0.29, 0.717) is 31.0 Å². The van der Waals surface area contributed by atoms with Crippen LogP contribution in [0.25, 0.3) is 5.69 Å². The van der Waals surface area contributed by atoms with E-state index in [4.69, 9.17) is 9.47 Å². The van der Waals surface area contributed by atoms with Gasteiger partial charge in [0.25, 0.3) is 0 Å². The van der Waals surface area contributed by atoms with Crippen molar-refractivity contribution in [3.05, 3.63) is 69.1 Å². The molecule has 2 aromatic carbocycles. The van der Waals surface area contributed by atoms with Gasteiger partial charge < -0.3 is 9.47 Å². The Labute approximate surface area is 186 Å². The number of aryl methyl sites for hydroxylation is 3. The molecule has 0 atom stereocenters. The highest BCUT2D eigenvalue weighted by Crippen LogP contribution is 2.26. The number of hydrogen-bond acceptors (Lipinski definition) is 7. The molecule has 1 aliphatic rings. The van der Waals surface area contributed by atoms with Gasteiger partial charge in [0, 0.05) is 31.0 Å². The van der Waals surface area contributed by atoms with Gasteiger partial charge in [-0.25, -0.2) is 4.79 Å². The summed E-state index contributed by atoms with van der Waals surface area (Å²) in [6.45, 7) is 6.78. The van der Waals surface area contributed by atoms with Crippen molar-refractivity contribution in [2.24, 2.45) is 17.3 Å². The Morgan fingerprint density at radius 2 is 2.06 bits per heavy atom. The maximum atomic E-state index is 12.3. The number of nitrogens with zero attached hydrogens (tertiary/aromatic N) is 6. The first-order valence-electron chi connectivity index (χ1n) is 10.6. The Balaban J connectivity index is 1.59. The Hall–Kier alpha value is -3.75. The quantitative estimate of drug-likeness (QED) is 0.349. The molecule has 9 nitrogen and oxygen atoms in total. The van der Waals surface area contributed by atoms with E-state index in [1.165, 1.54) is 9.36 Å². The number of hydrogen-bond donors (Lipinski definition) is 0. The van der Waals surface area contributed by atoms with E-state index in [1.54, 1.807) is 7.05 Å². The average molecular weight is 435 g/mol. The van der Waals surface area contributed by atoms with E-state index in [0.717, 1.165) is 33.7 Å². The first-order valence-corrected chi connectivity index (χ1v) is 10.6. The monoisotopic (exact) mass is 434 g/mol. The molecule has 9 heteroatoms. The molecular weight excluding hydrogens is 408 g/mol. The topological polar surface area (TPSA) is 95.9 Å². The van der Waals surface area contributed by atoms with Crippen LogP contribution >= 0.6 is 0 Å². The predicted octanol–water partition coefficient (Wildman–Crippen LogP) is 3.09. The summed E-state index contributed by atoms with van der Waals surface area (Å²) >= 11 is 0. The molecule has 0 aliphatic carbocycles. The second-order valence-corrected chi connectivity index (χ2v) is 7.65. The summed E-state index contributed by atoms with van der Waals surface area (Å²) < 4.78 is 14.2. The van der Waals surface area contributed by atoms with E-state index in [2.05, 4.69) is 26.7 Å². The minimum Gasteiger partial charge on any atom is -0.492 e. The van der Waals surface area contributed by atoms with Gasteiger partial charge in [0.1, 0.15) is 12.4 Å². The van der Waals surface area contributed by atoms with Crippen molar-refractivity contribution in [1.82, 2.24) is 19.8 Å². The van der Waals surface area contributed by atoms with Gasteiger partial charge in [-0.2, -0.15) is 14.5 Å². The van der Waals surface area contributed by atoms with E-state index in [9.17, 15) is 4.79 Å². The maximum absolute atomic E-state index is 12.3. The zero-order valence-corrected chi connectivity index (χ0v) is 18.7. The molecule has 0 bridgehead atoms. The Kier molecular flexibility index (Phi) is 6.16. The van der Waals surface area contributed by atoms with Crippen molar-refractivity contribution >= 4 is 11.6 Å². The Morgan fingerprint density at radius 1 is 1.22 bits per heavy atom. The number of tetrazole rings is 1. The second kappa shape index (κ2) is 9.17. The van der Waals surface area contributed by atoms with Crippen LogP contribution in [0.4, 0.5) is 0 Å². The zero-order chi connectivity index (χ0) is 22.7. The number of benzene rings is 2. The van der Waals surface area contributed by atoms with Gasteiger partial charge in [0.2, 0.25) is 5.90 Å². The van der Waals surface area contributed by atoms with Crippen molar-refractivity contribution in [3.8, 4) is 11.4 Å². The number of rotatable bonds is 5. The third-order valence-corrected chi connectivity index (χ3v) is 5.35. The van der Waals surface area contributed by atoms with Crippen LogP contribution in [-0.4, -0.2) is 38.0 Å². The fraction of sp³-hybridized carbons (Fsp3) is 0.348. The van der Waals surface area contributed by atoms with Gasteiger partial charge in [-0.3, -0.25) is 0 Å². The fourth-order valence-electron chi connectivity index (χ4n) is 3.50. The molecule has 0 fully saturated rings. The second-order valence-electron chi connectivity index (χ2n) is 7.65. The minimum absolute atomic E-state index is 0.237. The molecule has 0 radical (unpaired) electrons. The molecule has 1 aliphatic heterocycles. The van der Waals surface area contributed by atoms with Crippen molar-refractivity contribution in [2.75, 3.05) is 6.61 Å². The zero-order valence-electron chi connectivity index (χ0n) is 18.7. The van der Waals surface area contributed by atoms with Gasteiger partial charge in [0.15, 0.2) is 0 Å². The summed E-state index contributed by atoms with van der Waals surface area (Å²) in [7, 11) is 1.56. The van der Waals surface area contributed by atoms with Crippen molar-refractivity contribution < 1.29 is 9.47 Å². The number of aromatic nitrogens is 4. The fourth-order valence-corrected chi connectivity index (χ4v) is 3.50. The normalized spacial score (nSPS) is 14.9. The molecule has 0 N–H and O–H groups in total. The van der Waals surface area contributed by atoms with Gasteiger partial charge in [0.05, 0.1) is 18.0 Å². The van der Waals surface area contributed by atoms with Gasteiger partial charge in [-0.1, -0.05) is 30.7 Å². The summed E-state index contributed by atoms with van der Waals surface area (Å²) in [6.07, 6.45) is 1.27. The summed E-state index contributed by atoms with van der Waals surface area (Å²) in [5.41, 5.74) is 5.14. The van der Waals surface area contributed by atoms with E-state index >= 15 is 0 Å². The molecule has 3 aromatic rings. The molecule has 0 amide bonds. The van der Waals surface area contributed by atoms with Gasteiger partial charge in [-0.05, 0) is 48.0 Å². The molecular formula is C23H26N6O3. The molecule has 0 unspecified atom stereocenters. The van der Waals surface area contributed by atoms with Crippen LogP contribution in [0.5, 0.6) is 5.75 Å². The highest BCUT2D eigenvalue weighted by Gasteiger charge is 2.17. The van der Waals surface area contributed by atoms with Crippen LogP contribution in [0.3, 0.4) is 0 Å². The summed E-state index contributed by atoms with van der Waals surface area (Å²) in [5.74, 6) is 1.34. The van der Waals surface area contributed by atoms with E-state index in [-0.39, 0.29) is 12.3 Å². The van der Waals surface area contributed by atoms with E-state index in [1.807, 2.05) is 51.1 Å².